The summed E-state index contributed by atoms with van der Waals surface area (Å²) in [6.45, 7) is 9.29. The van der Waals surface area contributed by atoms with Crippen LogP contribution < -0.4 is 10.1 Å². The van der Waals surface area contributed by atoms with Crippen LogP contribution in [-0.2, 0) is 9.53 Å². The molecule has 1 aliphatic rings. The Labute approximate surface area is 239 Å². The highest BCUT2D eigenvalue weighted by Crippen LogP contribution is 2.46. The van der Waals surface area contributed by atoms with Crippen molar-refractivity contribution in [1.29, 1.82) is 0 Å². The van der Waals surface area contributed by atoms with Crippen LogP contribution in [0.4, 0.5) is 4.79 Å². The van der Waals surface area contributed by atoms with Gasteiger partial charge in [0.25, 0.3) is 0 Å². The number of ether oxygens (including phenoxy) is 2. The minimum Gasteiger partial charge on any atom is -0.469 e. The van der Waals surface area contributed by atoms with E-state index in [9.17, 15) is 14.4 Å². The molecule has 218 valence electrons. The van der Waals surface area contributed by atoms with Crippen LogP contribution in [0, 0.1) is 12.3 Å². The summed E-state index contributed by atoms with van der Waals surface area (Å²) in [6, 6.07) is 14.1. The van der Waals surface area contributed by atoms with E-state index in [1.54, 1.807) is 24.3 Å². The normalized spacial score (nSPS) is 16.8. The Morgan fingerprint density at radius 1 is 1.00 bits per heavy atom. The van der Waals surface area contributed by atoms with E-state index in [4.69, 9.17) is 9.47 Å². The molecule has 0 saturated carbocycles. The maximum Gasteiger partial charge on any atom is 0.338 e. The van der Waals surface area contributed by atoms with Gasteiger partial charge < -0.3 is 19.7 Å². The second-order valence-electron chi connectivity index (χ2n) is 10.9. The molecule has 2 aromatic carbocycles. The van der Waals surface area contributed by atoms with Gasteiger partial charge in [-0.05, 0) is 89.5 Å². The number of carbonyl (C=O) groups is 3. The number of hydrogen-bond acceptors (Lipinski definition) is 6. The molecule has 1 aliphatic heterocycles. The number of hydrogen-bond donors (Lipinski definition) is 1. The number of carbonyl (C=O) groups excluding carboxylic acids is 3. The van der Waals surface area contributed by atoms with E-state index >= 15 is 0 Å². The van der Waals surface area contributed by atoms with Crippen LogP contribution in [0.25, 0.3) is 0 Å². The molecule has 0 bridgehead atoms. The average molecular weight is 552 g/mol. The number of urea groups is 1. The fourth-order valence-corrected chi connectivity index (χ4v) is 5.10. The Morgan fingerprint density at radius 2 is 1.65 bits per heavy atom. The zero-order valence-electron chi connectivity index (χ0n) is 24.9. The Balaban J connectivity index is 1.69. The topological polar surface area (TPSA) is 88.2 Å². The molecule has 3 amide bonds. The maximum absolute atomic E-state index is 13.5. The number of unbranched alkanes of at least 4 members (excludes halogenated alkanes) is 1. The number of likely N-dealkylation sites (tertiary alicyclic amines) is 1. The van der Waals surface area contributed by atoms with Crippen LogP contribution in [0.3, 0.4) is 0 Å². The molecule has 2 atom stereocenters. The molecule has 2 aromatic rings. The lowest BCUT2D eigenvalue weighted by Gasteiger charge is -2.53. The molecule has 0 radical (unpaired) electrons. The van der Waals surface area contributed by atoms with Crippen molar-refractivity contribution in [3.63, 3.8) is 0 Å². The van der Waals surface area contributed by atoms with E-state index in [1.807, 2.05) is 59.1 Å². The predicted molar refractivity (Wildman–Crippen MR) is 156 cm³/mol. The number of benzene rings is 2. The highest BCUT2D eigenvalue weighted by atomic mass is 16.5. The highest BCUT2D eigenvalue weighted by Gasteiger charge is 2.63. The number of rotatable bonds is 14. The van der Waals surface area contributed by atoms with E-state index in [-0.39, 0.29) is 17.9 Å². The second-order valence-corrected chi connectivity index (χ2v) is 10.9. The molecule has 40 heavy (non-hydrogen) atoms. The third-order valence-electron chi connectivity index (χ3n) is 7.76. The van der Waals surface area contributed by atoms with Gasteiger partial charge in [0.1, 0.15) is 11.2 Å². The van der Waals surface area contributed by atoms with Crippen LogP contribution in [0.2, 0.25) is 0 Å². The zero-order valence-corrected chi connectivity index (χ0v) is 24.9. The first-order valence-electron chi connectivity index (χ1n) is 14.5. The third-order valence-corrected chi connectivity index (χ3v) is 7.76. The lowest BCUT2D eigenvalue weighted by Crippen LogP contribution is -2.73. The number of β-lactam (4-membered cyclic amide) rings is 1. The van der Waals surface area contributed by atoms with E-state index in [0.717, 1.165) is 43.4 Å². The van der Waals surface area contributed by atoms with Gasteiger partial charge in [0.15, 0.2) is 6.23 Å². The fraction of sp³-hybridized carbons (Fsp3) is 0.531. The standard InChI is InChI=1S/C32H45N3O5/c1-7-12-27(24-15-13-23(4)14-16-24)33-31(38)35-29(37)32(8-2,9-3)30(35)40-26-19-17-25(18-20-26)28(36)39-22-11-10-21-34(5)6/h13-20,27,30H,7-12,21-22H2,1-6H3,(H,33,38)/t27-,30+/m1/s1. The summed E-state index contributed by atoms with van der Waals surface area (Å²) in [5.74, 6) is -0.132. The molecule has 1 saturated heterocycles. The van der Waals surface area contributed by atoms with Gasteiger partial charge in [-0.2, -0.15) is 0 Å². The van der Waals surface area contributed by atoms with Crippen LogP contribution >= 0.6 is 0 Å². The molecule has 3 rings (SSSR count). The molecule has 0 aliphatic carbocycles. The van der Waals surface area contributed by atoms with Gasteiger partial charge in [0.05, 0.1) is 18.2 Å². The number of aryl methyl sites for hydroxylation is 1. The van der Waals surface area contributed by atoms with Gasteiger partial charge in [-0.15, -0.1) is 0 Å². The molecule has 1 heterocycles. The number of nitrogens with zero attached hydrogens (tertiary/aromatic N) is 2. The van der Waals surface area contributed by atoms with Gasteiger partial charge in [0.2, 0.25) is 5.91 Å². The molecule has 0 unspecified atom stereocenters. The van der Waals surface area contributed by atoms with Gasteiger partial charge in [-0.1, -0.05) is 57.0 Å². The zero-order chi connectivity index (χ0) is 29.3. The summed E-state index contributed by atoms with van der Waals surface area (Å²) in [7, 11) is 4.03. The van der Waals surface area contributed by atoms with Crippen LogP contribution in [-0.4, -0.2) is 61.2 Å². The molecular formula is C32H45N3O5. The summed E-state index contributed by atoms with van der Waals surface area (Å²) in [5.41, 5.74) is 1.79. The number of imide groups is 1. The van der Waals surface area contributed by atoms with Gasteiger partial charge in [-0.25, -0.2) is 14.5 Å². The fourth-order valence-electron chi connectivity index (χ4n) is 5.10. The van der Waals surface area contributed by atoms with Crippen molar-refractivity contribution in [1.82, 2.24) is 15.1 Å². The highest BCUT2D eigenvalue weighted by molar-refractivity contribution is 6.03. The average Bonchev–Trinajstić information content (AvgIpc) is 2.94. The van der Waals surface area contributed by atoms with Crippen molar-refractivity contribution in [2.24, 2.45) is 5.41 Å². The van der Waals surface area contributed by atoms with Gasteiger partial charge in [0, 0.05) is 0 Å². The van der Waals surface area contributed by atoms with Crippen LogP contribution in [0.15, 0.2) is 48.5 Å². The summed E-state index contributed by atoms with van der Waals surface area (Å²) >= 11 is 0. The van der Waals surface area contributed by atoms with Crippen molar-refractivity contribution in [3.8, 4) is 5.75 Å². The molecule has 0 spiro atoms. The molecule has 8 heteroatoms. The Morgan fingerprint density at radius 3 is 2.23 bits per heavy atom. The van der Waals surface area contributed by atoms with Crippen molar-refractivity contribution in [2.45, 2.75) is 78.5 Å². The Hall–Kier alpha value is -3.39. The minimum absolute atomic E-state index is 0.210. The largest absolute Gasteiger partial charge is 0.469 e. The molecule has 0 aromatic heterocycles. The number of nitrogens with one attached hydrogen (secondary N) is 1. The smallest absolute Gasteiger partial charge is 0.338 e. The number of amides is 3. The lowest BCUT2D eigenvalue weighted by molar-refractivity contribution is -0.191. The second kappa shape index (κ2) is 14.3. The molecule has 1 fully saturated rings. The van der Waals surface area contributed by atoms with Gasteiger partial charge >= 0.3 is 12.0 Å². The first kappa shape index (κ1) is 31.1. The summed E-state index contributed by atoms with van der Waals surface area (Å²) in [5, 5.41) is 3.07. The van der Waals surface area contributed by atoms with Crippen molar-refractivity contribution in [3.05, 3.63) is 65.2 Å². The summed E-state index contributed by atoms with van der Waals surface area (Å²) < 4.78 is 11.7. The number of esters is 1. The van der Waals surface area contributed by atoms with E-state index < -0.39 is 17.7 Å². The van der Waals surface area contributed by atoms with E-state index in [2.05, 4.69) is 17.1 Å². The first-order valence-corrected chi connectivity index (χ1v) is 14.5. The Kier molecular flexibility index (Phi) is 11.1. The molecule has 1 N–H and O–H groups in total. The summed E-state index contributed by atoms with van der Waals surface area (Å²) in [4.78, 5) is 42.6. The van der Waals surface area contributed by atoms with Crippen molar-refractivity contribution < 1.29 is 23.9 Å². The minimum atomic E-state index is -0.786. The van der Waals surface area contributed by atoms with Gasteiger partial charge in [-0.3, -0.25) is 4.79 Å². The third kappa shape index (κ3) is 7.22. The van der Waals surface area contributed by atoms with E-state index in [1.165, 1.54) is 4.90 Å². The van der Waals surface area contributed by atoms with Crippen LogP contribution in [0.1, 0.15) is 86.8 Å². The maximum atomic E-state index is 13.5. The van der Waals surface area contributed by atoms with Crippen molar-refractivity contribution >= 4 is 17.9 Å². The predicted octanol–water partition coefficient (Wildman–Crippen LogP) is 6.10. The molecule has 8 nitrogen and oxygen atoms in total. The monoisotopic (exact) mass is 551 g/mol. The van der Waals surface area contributed by atoms with Crippen LogP contribution in [0.5, 0.6) is 5.75 Å². The quantitative estimate of drug-likeness (QED) is 0.173. The van der Waals surface area contributed by atoms with Crippen molar-refractivity contribution in [2.75, 3.05) is 27.2 Å². The van der Waals surface area contributed by atoms with E-state index in [0.29, 0.717) is 30.8 Å². The summed E-state index contributed by atoms with van der Waals surface area (Å²) in [6.07, 6.45) is 3.74. The SMILES string of the molecule is CCC[C@@H](NC(=O)N1C(=O)C(CC)(CC)[C@@H]1Oc1ccc(C(=O)OCCCCN(C)C)cc1)c1ccc(C)cc1. The first-order chi connectivity index (χ1) is 19.2. The Bertz CT molecular complexity index is 1130. The molecular weight excluding hydrogens is 506 g/mol. The lowest BCUT2D eigenvalue weighted by atomic mass is 9.72.